The first-order valence-electron chi connectivity index (χ1n) is 5.67. The quantitative estimate of drug-likeness (QED) is 0.527. The van der Waals surface area contributed by atoms with Gasteiger partial charge in [-0.2, -0.15) is 0 Å². The lowest BCUT2D eigenvalue weighted by molar-refractivity contribution is -0.497. The predicted molar refractivity (Wildman–Crippen MR) is 57.7 cm³/mol. The fourth-order valence-corrected chi connectivity index (χ4v) is 2.13. The van der Waals surface area contributed by atoms with E-state index in [0.29, 0.717) is 25.8 Å². The lowest BCUT2D eigenvalue weighted by atomic mass is 10.1. The number of nitrogens with zero attached hydrogens (tertiary/aromatic N) is 2. The monoisotopic (exact) mass is 241 g/mol. The second-order valence-electron chi connectivity index (χ2n) is 4.71. The van der Waals surface area contributed by atoms with Crippen LogP contribution >= 0.6 is 0 Å². The molecule has 0 aromatic carbocycles. The Morgan fingerprint density at radius 2 is 2.29 bits per heavy atom. The van der Waals surface area contributed by atoms with Crippen molar-refractivity contribution < 1.29 is 14.5 Å². The van der Waals surface area contributed by atoms with Crippen molar-refractivity contribution in [3.05, 3.63) is 10.1 Å². The van der Waals surface area contributed by atoms with Gasteiger partial charge in [-0.15, -0.1) is 0 Å². The molecule has 1 saturated heterocycles. The number of carbonyl (C=O) groups excluding carboxylic acids is 2. The average molecular weight is 241 g/mol. The Balaban J connectivity index is 1.80. The molecule has 7 heteroatoms. The van der Waals surface area contributed by atoms with Crippen molar-refractivity contribution in [1.29, 1.82) is 0 Å². The summed E-state index contributed by atoms with van der Waals surface area (Å²) in [7, 11) is 1.69. The van der Waals surface area contributed by atoms with E-state index in [2.05, 4.69) is 5.32 Å². The molecule has 2 amide bonds. The predicted octanol–water partition coefficient (Wildman–Crippen LogP) is -0.611. The van der Waals surface area contributed by atoms with Crippen LogP contribution in [0.3, 0.4) is 0 Å². The maximum Gasteiger partial charge on any atom is 0.230 e. The van der Waals surface area contributed by atoms with E-state index in [9.17, 15) is 19.7 Å². The number of rotatable bonds is 3. The van der Waals surface area contributed by atoms with Crippen molar-refractivity contribution in [3.8, 4) is 0 Å². The minimum absolute atomic E-state index is 0.0711. The number of nitrogens with one attached hydrogen (secondary N) is 1. The van der Waals surface area contributed by atoms with E-state index in [-0.39, 0.29) is 17.9 Å². The highest BCUT2D eigenvalue weighted by atomic mass is 16.6. The third-order valence-electron chi connectivity index (χ3n) is 3.34. The topological polar surface area (TPSA) is 92.6 Å². The third-order valence-corrected chi connectivity index (χ3v) is 3.34. The van der Waals surface area contributed by atoms with Crippen LogP contribution in [0.1, 0.15) is 19.3 Å². The summed E-state index contributed by atoms with van der Waals surface area (Å²) < 4.78 is 0. The van der Waals surface area contributed by atoms with Crippen LogP contribution in [-0.4, -0.2) is 47.3 Å². The molecule has 2 aliphatic rings. The first-order chi connectivity index (χ1) is 7.99. The van der Waals surface area contributed by atoms with Crippen molar-refractivity contribution in [3.63, 3.8) is 0 Å². The number of nitro groups is 1. The SMILES string of the molecule is CN1CC(NC(=O)C2CC2[N+](=O)[O-])CCC1=O. The van der Waals surface area contributed by atoms with Crippen LogP contribution in [0, 0.1) is 16.0 Å². The molecular formula is C10H15N3O4. The summed E-state index contributed by atoms with van der Waals surface area (Å²) in [4.78, 5) is 34.5. The van der Waals surface area contributed by atoms with Crippen LogP contribution in [0.4, 0.5) is 0 Å². The number of carbonyl (C=O) groups is 2. The number of hydrogen-bond donors (Lipinski definition) is 1. The normalized spacial score (nSPS) is 32.2. The number of likely N-dealkylation sites (tertiary alicyclic amines) is 1. The molecule has 1 heterocycles. The zero-order chi connectivity index (χ0) is 12.6. The van der Waals surface area contributed by atoms with Gasteiger partial charge in [-0.25, -0.2) is 0 Å². The van der Waals surface area contributed by atoms with Gasteiger partial charge in [-0.3, -0.25) is 19.7 Å². The summed E-state index contributed by atoms with van der Waals surface area (Å²) >= 11 is 0. The second kappa shape index (κ2) is 4.31. The molecule has 0 bridgehead atoms. The van der Waals surface area contributed by atoms with Gasteiger partial charge >= 0.3 is 0 Å². The van der Waals surface area contributed by atoms with Gasteiger partial charge in [0.1, 0.15) is 5.92 Å². The van der Waals surface area contributed by atoms with Crippen molar-refractivity contribution >= 4 is 11.8 Å². The largest absolute Gasteiger partial charge is 0.351 e. The third kappa shape index (κ3) is 2.54. The average Bonchev–Trinajstić information content (AvgIpc) is 3.03. The Morgan fingerprint density at radius 1 is 1.59 bits per heavy atom. The van der Waals surface area contributed by atoms with Crippen LogP contribution < -0.4 is 5.32 Å². The Labute approximate surface area is 98.3 Å². The maximum atomic E-state index is 11.7. The van der Waals surface area contributed by atoms with Gasteiger partial charge in [0.25, 0.3) is 0 Å². The van der Waals surface area contributed by atoms with Crippen LogP contribution in [0.5, 0.6) is 0 Å². The fraction of sp³-hybridized carbons (Fsp3) is 0.800. The molecule has 1 saturated carbocycles. The summed E-state index contributed by atoms with van der Waals surface area (Å²) in [5.41, 5.74) is 0. The molecule has 3 atom stereocenters. The molecule has 0 spiro atoms. The Hall–Kier alpha value is -1.66. The van der Waals surface area contributed by atoms with Gasteiger partial charge in [0.2, 0.25) is 17.9 Å². The van der Waals surface area contributed by atoms with Crippen molar-refractivity contribution in [2.75, 3.05) is 13.6 Å². The number of amides is 2. The summed E-state index contributed by atoms with van der Waals surface area (Å²) in [6, 6.07) is -0.781. The van der Waals surface area contributed by atoms with Gasteiger partial charge in [0.05, 0.1) is 0 Å². The minimum atomic E-state index is -0.710. The summed E-state index contributed by atoms with van der Waals surface area (Å²) in [6.45, 7) is 0.487. The Bertz CT molecular complexity index is 371. The summed E-state index contributed by atoms with van der Waals surface area (Å²) in [5.74, 6) is -0.655. The van der Waals surface area contributed by atoms with E-state index in [0.717, 1.165) is 0 Å². The van der Waals surface area contributed by atoms with Crippen LogP contribution in [0.15, 0.2) is 0 Å². The van der Waals surface area contributed by atoms with E-state index in [1.807, 2.05) is 0 Å². The van der Waals surface area contributed by atoms with E-state index in [4.69, 9.17) is 0 Å². The van der Waals surface area contributed by atoms with Gasteiger partial charge in [-0.1, -0.05) is 0 Å². The highest BCUT2D eigenvalue weighted by molar-refractivity contribution is 5.83. The molecule has 0 radical (unpaired) electrons. The maximum absolute atomic E-state index is 11.7. The van der Waals surface area contributed by atoms with Gasteiger partial charge < -0.3 is 10.2 Å². The van der Waals surface area contributed by atoms with Gasteiger partial charge in [0, 0.05) is 37.4 Å². The zero-order valence-corrected chi connectivity index (χ0v) is 9.59. The number of likely N-dealkylation sites (N-methyl/N-ethyl adjacent to an activating group) is 1. The molecule has 2 fully saturated rings. The minimum Gasteiger partial charge on any atom is -0.351 e. The molecule has 7 nitrogen and oxygen atoms in total. The van der Waals surface area contributed by atoms with Crippen molar-refractivity contribution in [2.24, 2.45) is 5.92 Å². The van der Waals surface area contributed by atoms with E-state index in [1.54, 1.807) is 11.9 Å². The Morgan fingerprint density at radius 3 is 2.82 bits per heavy atom. The van der Waals surface area contributed by atoms with Crippen LogP contribution in [0.25, 0.3) is 0 Å². The highest BCUT2D eigenvalue weighted by Gasteiger charge is 2.53. The number of hydrogen-bond acceptors (Lipinski definition) is 4. The van der Waals surface area contributed by atoms with Crippen molar-refractivity contribution in [2.45, 2.75) is 31.3 Å². The number of piperidine rings is 1. The first-order valence-corrected chi connectivity index (χ1v) is 5.67. The molecule has 2 rings (SSSR count). The Kier molecular flexibility index (Phi) is 2.99. The van der Waals surface area contributed by atoms with Gasteiger partial charge in [0.15, 0.2) is 0 Å². The molecule has 1 N–H and O–H groups in total. The molecule has 1 aliphatic heterocycles. The van der Waals surface area contributed by atoms with E-state index < -0.39 is 16.9 Å². The molecule has 3 unspecified atom stereocenters. The molecular weight excluding hydrogens is 226 g/mol. The molecule has 1 aliphatic carbocycles. The van der Waals surface area contributed by atoms with Crippen molar-refractivity contribution in [1.82, 2.24) is 10.2 Å². The van der Waals surface area contributed by atoms with E-state index in [1.165, 1.54) is 0 Å². The molecule has 94 valence electrons. The summed E-state index contributed by atoms with van der Waals surface area (Å²) in [6.07, 6.45) is 1.37. The fourth-order valence-electron chi connectivity index (χ4n) is 2.13. The lowest BCUT2D eigenvalue weighted by Gasteiger charge is -2.30. The first kappa shape index (κ1) is 11.8. The van der Waals surface area contributed by atoms with Crippen LogP contribution in [0.2, 0.25) is 0 Å². The highest BCUT2D eigenvalue weighted by Crippen LogP contribution is 2.33. The molecule has 17 heavy (non-hydrogen) atoms. The standard InChI is InChI=1S/C10H15N3O4/c1-12-5-6(2-3-9(12)14)11-10(15)7-4-8(7)13(16)17/h6-8H,2-5H2,1H3,(H,11,15). The second-order valence-corrected chi connectivity index (χ2v) is 4.71. The zero-order valence-electron chi connectivity index (χ0n) is 9.59. The lowest BCUT2D eigenvalue weighted by Crippen LogP contribution is -2.49. The van der Waals surface area contributed by atoms with Crippen LogP contribution in [-0.2, 0) is 9.59 Å². The molecule has 0 aromatic rings. The molecule has 0 aromatic heterocycles. The van der Waals surface area contributed by atoms with E-state index >= 15 is 0 Å². The van der Waals surface area contributed by atoms with Gasteiger partial charge in [-0.05, 0) is 6.42 Å². The summed E-state index contributed by atoms with van der Waals surface area (Å²) in [5, 5.41) is 13.2. The smallest absolute Gasteiger partial charge is 0.230 e.